The highest BCUT2D eigenvalue weighted by atomic mass is 19.3. The van der Waals surface area contributed by atoms with Crippen molar-refractivity contribution in [3.8, 4) is 12.1 Å². The maximum atomic E-state index is 13.9. The van der Waals surface area contributed by atoms with Gasteiger partial charge in [-0.3, -0.25) is 9.69 Å². The molecule has 1 aromatic heterocycles. The van der Waals surface area contributed by atoms with Crippen molar-refractivity contribution in [2.75, 3.05) is 62.2 Å². The number of anilines is 2. The second-order valence-corrected chi connectivity index (χ2v) is 13.7. The van der Waals surface area contributed by atoms with E-state index in [0.717, 1.165) is 42.9 Å². The Morgan fingerprint density at radius 2 is 1.91 bits per heavy atom. The molecule has 0 bridgehead atoms. The molecule has 7 rings (SSSR count). The smallest absolute Gasteiger partial charge is 0.318 e. The summed E-state index contributed by atoms with van der Waals surface area (Å²) in [6.07, 6.45) is 4.01. The van der Waals surface area contributed by atoms with Crippen LogP contribution in [0.2, 0.25) is 0 Å². The van der Waals surface area contributed by atoms with Crippen LogP contribution in [-0.4, -0.2) is 90.1 Å². The van der Waals surface area contributed by atoms with Crippen molar-refractivity contribution < 1.29 is 18.3 Å². The molecule has 2 saturated heterocycles. The summed E-state index contributed by atoms with van der Waals surface area (Å²) in [7, 11) is 0. The lowest BCUT2D eigenvalue weighted by Crippen LogP contribution is -2.55. The summed E-state index contributed by atoms with van der Waals surface area (Å²) in [5.74, 6) is -2.01. The topological polar surface area (TPSA) is 88.8 Å². The van der Waals surface area contributed by atoms with Crippen LogP contribution in [0.3, 0.4) is 0 Å². The molecule has 4 aliphatic rings. The number of ether oxygens (including phenoxy) is 1. The highest BCUT2D eigenvalue weighted by molar-refractivity contribution is 5.97. The van der Waals surface area contributed by atoms with Crippen LogP contribution in [0.1, 0.15) is 42.5 Å². The van der Waals surface area contributed by atoms with Gasteiger partial charge in [-0.1, -0.05) is 36.9 Å². The predicted octanol–water partition coefficient (Wildman–Crippen LogP) is 5.12. The molecule has 11 heteroatoms. The number of amides is 1. The van der Waals surface area contributed by atoms with E-state index in [1.807, 2.05) is 4.90 Å². The predicted molar refractivity (Wildman–Crippen MR) is 177 cm³/mol. The van der Waals surface area contributed by atoms with Gasteiger partial charge in [0.2, 0.25) is 5.91 Å². The summed E-state index contributed by atoms with van der Waals surface area (Å²) in [6, 6.07) is 15.0. The van der Waals surface area contributed by atoms with E-state index in [4.69, 9.17) is 14.7 Å². The van der Waals surface area contributed by atoms with E-state index < -0.39 is 5.92 Å². The van der Waals surface area contributed by atoms with Gasteiger partial charge in [0.15, 0.2) is 0 Å². The van der Waals surface area contributed by atoms with Crippen molar-refractivity contribution in [1.29, 1.82) is 5.26 Å². The molecule has 2 aromatic carbocycles. The van der Waals surface area contributed by atoms with Gasteiger partial charge in [0, 0.05) is 67.7 Å². The van der Waals surface area contributed by atoms with E-state index in [1.165, 1.54) is 28.1 Å². The Kier molecular flexibility index (Phi) is 8.25. The summed E-state index contributed by atoms with van der Waals surface area (Å²) >= 11 is 0. The Bertz CT molecular complexity index is 1730. The first kappa shape index (κ1) is 31.3. The van der Waals surface area contributed by atoms with Crippen LogP contribution in [0.25, 0.3) is 10.8 Å². The largest absolute Gasteiger partial charge is 0.463 e. The number of aromatic nitrogens is 2. The zero-order valence-electron chi connectivity index (χ0n) is 26.9. The molecule has 1 amide bonds. The van der Waals surface area contributed by atoms with Crippen LogP contribution in [0.15, 0.2) is 49.1 Å². The molecular weight excluding hydrogens is 600 g/mol. The molecule has 9 nitrogen and oxygen atoms in total. The maximum Gasteiger partial charge on any atom is 0.318 e. The van der Waals surface area contributed by atoms with E-state index in [1.54, 1.807) is 4.90 Å². The van der Waals surface area contributed by atoms with Gasteiger partial charge in [0.05, 0.1) is 43.9 Å². The highest BCUT2D eigenvalue weighted by Crippen LogP contribution is 2.48. The monoisotopic (exact) mass is 641 g/mol. The Labute approximate surface area is 274 Å². The van der Waals surface area contributed by atoms with E-state index in [-0.39, 0.29) is 42.8 Å². The lowest BCUT2D eigenvalue weighted by molar-refractivity contribution is -0.128. The molecular formula is C36H41F2N7O2. The number of fused-ring (bicyclic) bond motifs is 2. The molecule has 0 spiro atoms. The summed E-state index contributed by atoms with van der Waals surface area (Å²) in [5, 5.41) is 12.0. The molecule has 246 valence electrons. The highest BCUT2D eigenvalue weighted by Gasteiger charge is 2.48. The molecule has 1 aliphatic carbocycles. The summed E-state index contributed by atoms with van der Waals surface area (Å²) in [5.41, 5.74) is 4.18. The van der Waals surface area contributed by atoms with E-state index >= 15 is 0 Å². The van der Waals surface area contributed by atoms with Crippen molar-refractivity contribution in [3.05, 3.63) is 65.9 Å². The molecule has 3 aliphatic heterocycles. The number of carbonyl (C=O) groups is 1. The van der Waals surface area contributed by atoms with Gasteiger partial charge in [-0.15, -0.1) is 0 Å². The van der Waals surface area contributed by atoms with Gasteiger partial charge in [-0.25, -0.2) is 8.78 Å². The molecule has 1 unspecified atom stereocenters. The number of likely N-dealkylation sites (tertiary alicyclic amines) is 1. The van der Waals surface area contributed by atoms with Gasteiger partial charge in [0.25, 0.3) is 5.92 Å². The zero-order valence-corrected chi connectivity index (χ0v) is 26.9. The van der Waals surface area contributed by atoms with Gasteiger partial charge in [-0.2, -0.15) is 15.2 Å². The van der Waals surface area contributed by atoms with Crippen LogP contribution in [0, 0.1) is 23.7 Å². The number of nitriles is 1. The normalized spacial score (nSPS) is 21.7. The molecule has 1 atom stereocenters. The minimum absolute atomic E-state index is 0.0909. The SMILES string of the molecule is C=CC(=O)N1CCN(c2nc(OCC3(CN4CCC(F)(F)C4)CC3)nc3c2CCN(c2cccc4cccc(C)c24)C3)CC1CC#N. The number of alkyl halides is 2. The van der Waals surface area contributed by atoms with Gasteiger partial charge in [-0.05, 0) is 49.3 Å². The average Bonchev–Trinajstić information content (AvgIpc) is 3.75. The fourth-order valence-corrected chi connectivity index (χ4v) is 7.58. The third-order valence-corrected chi connectivity index (χ3v) is 10.3. The van der Waals surface area contributed by atoms with Crippen LogP contribution < -0.4 is 14.5 Å². The molecule has 0 N–H and O–H groups in total. The fraction of sp³-hybridized carbons (Fsp3) is 0.500. The van der Waals surface area contributed by atoms with Crippen molar-refractivity contribution in [1.82, 2.24) is 19.8 Å². The lowest BCUT2D eigenvalue weighted by atomic mass is 9.99. The van der Waals surface area contributed by atoms with Gasteiger partial charge >= 0.3 is 6.01 Å². The number of halogens is 2. The van der Waals surface area contributed by atoms with Gasteiger partial charge in [0.1, 0.15) is 5.82 Å². The molecule has 3 fully saturated rings. The Morgan fingerprint density at radius 3 is 2.64 bits per heavy atom. The second-order valence-electron chi connectivity index (χ2n) is 13.7. The number of piperazine rings is 1. The van der Waals surface area contributed by atoms with Crippen molar-refractivity contribution >= 4 is 28.2 Å². The van der Waals surface area contributed by atoms with E-state index in [0.29, 0.717) is 45.9 Å². The standard InChI is InChI=1S/C36H41F2N7O2/c1-3-31(46)45-19-18-44(20-27(45)10-15-39)33-28-11-16-43(30-9-5-8-26-7-4-6-25(2)32(26)30)21-29(28)40-34(41-33)47-24-35(12-13-35)22-42-17-14-36(37,38)23-42/h3-9,27H,1,10-14,16-24H2,2H3. The van der Waals surface area contributed by atoms with Crippen molar-refractivity contribution in [3.63, 3.8) is 0 Å². The van der Waals surface area contributed by atoms with E-state index in [9.17, 15) is 18.8 Å². The molecule has 0 radical (unpaired) electrons. The number of benzene rings is 2. The number of nitrogens with zero attached hydrogens (tertiary/aromatic N) is 7. The first-order valence-electron chi connectivity index (χ1n) is 16.6. The fourth-order valence-electron chi connectivity index (χ4n) is 7.58. The number of hydrogen-bond donors (Lipinski definition) is 0. The first-order chi connectivity index (χ1) is 22.7. The van der Waals surface area contributed by atoms with Crippen LogP contribution in [-0.2, 0) is 17.8 Å². The van der Waals surface area contributed by atoms with Gasteiger partial charge < -0.3 is 19.4 Å². The number of rotatable bonds is 9. The lowest BCUT2D eigenvalue weighted by Gasteiger charge is -2.42. The van der Waals surface area contributed by atoms with E-state index in [2.05, 4.69) is 65.8 Å². The van der Waals surface area contributed by atoms with Crippen LogP contribution in [0.5, 0.6) is 6.01 Å². The summed E-state index contributed by atoms with van der Waals surface area (Å²) in [6.45, 7) is 9.81. The maximum absolute atomic E-state index is 13.9. The molecule has 4 heterocycles. The van der Waals surface area contributed by atoms with Crippen LogP contribution >= 0.6 is 0 Å². The quantitative estimate of drug-likeness (QED) is 0.298. The molecule has 3 aromatic rings. The third-order valence-electron chi connectivity index (χ3n) is 10.3. The Hall–Kier alpha value is -4.30. The van der Waals surface area contributed by atoms with Crippen molar-refractivity contribution in [2.45, 2.75) is 57.5 Å². The molecule has 1 saturated carbocycles. The Balaban J connectivity index is 1.19. The number of aryl methyl sites for hydroxylation is 1. The number of carbonyl (C=O) groups excluding carboxylic acids is 1. The first-order valence-corrected chi connectivity index (χ1v) is 16.6. The summed E-state index contributed by atoms with van der Waals surface area (Å²) < 4.78 is 34.2. The number of hydrogen-bond acceptors (Lipinski definition) is 8. The van der Waals surface area contributed by atoms with Crippen LogP contribution in [0.4, 0.5) is 20.3 Å². The average molecular weight is 642 g/mol. The second kappa shape index (κ2) is 12.4. The minimum Gasteiger partial charge on any atom is -0.463 e. The summed E-state index contributed by atoms with van der Waals surface area (Å²) in [4.78, 5) is 30.7. The molecule has 47 heavy (non-hydrogen) atoms. The van der Waals surface area contributed by atoms with Crippen molar-refractivity contribution in [2.24, 2.45) is 5.41 Å². The Morgan fingerprint density at radius 1 is 1.11 bits per heavy atom. The minimum atomic E-state index is -2.62. The zero-order chi connectivity index (χ0) is 32.8. The third kappa shape index (κ3) is 6.35.